The Labute approximate surface area is 201 Å². The van der Waals surface area contributed by atoms with E-state index in [1.54, 1.807) is 0 Å². The van der Waals surface area contributed by atoms with E-state index >= 15 is 0 Å². The lowest BCUT2D eigenvalue weighted by atomic mass is 9.87. The highest BCUT2D eigenvalue weighted by atomic mass is 19.1. The van der Waals surface area contributed by atoms with Crippen LogP contribution in [0.2, 0.25) is 0 Å². The zero-order chi connectivity index (χ0) is 23.8. The van der Waals surface area contributed by atoms with Crippen molar-refractivity contribution in [2.24, 2.45) is 0 Å². The molecule has 0 bridgehead atoms. The van der Waals surface area contributed by atoms with Crippen molar-refractivity contribution in [1.82, 2.24) is 9.88 Å². The molecule has 1 fully saturated rings. The summed E-state index contributed by atoms with van der Waals surface area (Å²) in [5.41, 5.74) is 2.13. The summed E-state index contributed by atoms with van der Waals surface area (Å²) in [6, 6.07) is 17.3. The van der Waals surface area contributed by atoms with E-state index in [1.807, 2.05) is 42.6 Å². The highest BCUT2D eigenvalue weighted by Gasteiger charge is 2.21. The molecule has 0 N–H and O–H groups in total. The van der Waals surface area contributed by atoms with Gasteiger partial charge in [0.1, 0.15) is 11.6 Å². The molecule has 180 valence electrons. The number of piperazine rings is 1. The molecule has 4 nitrogen and oxygen atoms in total. The monoisotopic (exact) mass is 465 g/mol. The van der Waals surface area contributed by atoms with Crippen LogP contribution < -0.4 is 9.64 Å². The Hall–Kier alpha value is -2.99. The van der Waals surface area contributed by atoms with Crippen LogP contribution in [0.15, 0.2) is 66.9 Å². The van der Waals surface area contributed by atoms with Gasteiger partial charge in [-0.15, -0.1) is 0 Å². The van der Waals surface area contributed by atoms with Gasteiger partial charge in [0.25, 0.3) is 0 Å². The van der Waals surface area contributed by atoms with Crippen molar-refractivity contribution < 1.29 is 13.5 Å². The summed E-state index contributed by atoms with van der Waals surface area (Å²) in [7, 11) is 0. The van der Waals surface area contributed by atoms with E-state index in [0.717, 1.165) is 74.7 Å². The Morgan fingerprint density at radius 3 is 2.09 bits per heavy atom. The van der Waals surface area contributed by atoms with Gasteiger partial charge in [0.05, 0.1) is 6.61 Å². The summed E-state index contributed by atoms with van der Waals surface area (Å²) in [6.45, 7) is 7.57. The van der Waals surface area contributed by atoms with E-state index < -0.39 is 0 Å². The Kier molecular flexibility index (Phi) is 8.47. The van der Waals surface area contributed by atoms with Gasteiger partial charge in [-0.3, -0.25) is 4.90 Å². The Morgan fingerprint density at radius 1 is 0.882 bits per heavy atom. The average molecular weight is 466 g/mol. The van der Waals surface area contributed by atoms with Crippen LogP contribution in [-0.2, 0) is 0 Å². The third-order valence-electron chi connectivity index (χ3n) is 6.40. The van der Waals surface area contributed by atoms with Crippen molar-refractivity contribution in [3.8, 4) is 5.75 Å². The van der Waals surface area contributed by atoms with E-state index in [-0.39, 0.29) is 17.6 Å². The van der Waals surface area contributed by atoms with Crippen LogP contribution in [0.4, 0.5) is 14.6 Å². The lowest BCUT2D eigenvalue weighted by Crippen LogP contribution is -2.47. The van der Waals surface area contributed by atoms with Gasteiger partial charge in [-0.1, -0.05) is 31.2 Å². The molecule has 2 aromatic carbocycles. The number of anilines is 1. The van der Waals surface area contributed by atoms with E-state index in [1.165, 1.54) is 24.3 Å². The molecule has 1 saturated heterocycles. The van der Waals surface area contributed by atoms with Crippen LogP contribution >= 0.6 is 0 Å². The topological polar surface area (TPSA) is 28.6 Å². The first-order chi connectivity index (χ1) is 16.6. The molecule has 34 heavy (non-hydrogen) atoms. The zero-order valence-corrected chi connectivity index (χ0v) is 19.8. The molecule has 4 rings (SSSR count). The summed E-state index contributed by atoms with van der Waals surface area (Å²) in [5.74, 6) is 1.43. The Bertz CT molecular complexity index is 973. The Morgan fingerprint density at radius 2 is 1.50 bits per heavy atom. The highest BCUT2D eigenvalue weighted by Crippen LogP contribution is 2.30. The van der Waals surface area contributed by atoms with Crippen LogP contribution in [0, 0.1) is 11.6 Å². The molecule has 0 atom stereocenters. The van der Waals surface area contributed by atoms with Crippen molar-refractivity contribution in [3.63, 3.8) is 0 Å². The van der Waals surface area contributed by atoms with Crippen LogP contribution in [0.5, 0.6) is 5.75 Å². The molecule has 6 heteroatoms. The first-order valence-corrected chi connectivity index (χ1v) is 12.2. The molecular formula is C28H33F2N3O. The quantitative estimate of drug-likeness (QED) is 0.374. The fourth-order valence-corrected chi connectivity index (χ4v) is 4.56. The number of nitrogens with zero attached hydrogens (tertiary/aromatic N) is 3. The number of hydrogen-bond acceptors (Lipinski definition) is 4. The van der Waals surface area contributed by atoms with Crippen molar-refractivity contribution in [3.05, 3.63) is 89.6 Å². The first-order valence-electron chi connectivity index (χ1n) is 12.2. The third-order valence-corrected chi connectivity index (χ3v) is 6.40. The molecule has 1 aliphatic rings. The summed E-state index contributed by atoms with van der Waals surface area (Å²) >= 11 is 0. The molecule has 0 radical (unpaired) electrons. The molecule has 0 aliphatic carbocycles. The molecule has 1 aliphatic heterocycles. The normalized spacial score (nSPS) is 14.5. The highest BCUT2D eigenvalue weighted by molar-refractivity contribution is 5.52. The number of ether oxygens (including phenoxy) is 1. The fourth-order valence-electron chi connectivity index (χ4n) is 4.56. The summed E-state index contributed by atoms with van der Waals surface area (Å²) in [4.78, 5) is 9.37. The van der Waals surface area contributed by atoms with Crippen LogP contribution in [0.3, 0.4) is 0 Å². The largest absolute Gasteiger partial charge is 0.490 e. The van der Waals surface area contributed by atoms with Gasteiger partial charge in [0.15, 0.2) is 11.6 Å². The summed E-state index contributed by atoms with van der Waals surface area (Å²) < 4.78 is 32.8. The van der Waals surface area contributed by atoms with Crippen molar-refractivity contribution in [2.45, 2.75) is 32.1 Å². The lowest BCUT2D eigenvalue weighted by Gasteiger charge is -2.36. The van der Waals surface area contributed by atoms with Gasteiger partial charge in [-0.25, -0.2) is 13.8 Å². The van der Waals surface area contributed by atoms with Gasteiger partial charge in [-0.05, 0) is 73.3 Å². The molecule has 0 spiro atoms. The van der Waals surface area contributed by atoms with Crippen molar-refractivity contribution in [1.29, 1.82) is 0 Å². The first kappa shape index (κ1) is 24.1. The van der Waals surface area contributed by atoms with Gasteiger partial charge in [0.2, 0.25) is 0 Å². The minimum atomic E-state index is -0.240. The SMILES string of the molecule is CCCOc1cccnc1N1CCN(CCCC(c2ccc(F)cc2)c2ccc(F)cc2)CC1. The molecule has 1 aromatic heterocycles. The number of hydrogen-bond donors (Lipinski definition) is 0. The van der Waals surface area contributed by atoms with Crippen LogP contribution in [-0.4, -0.2) is 49.2 Å². The maximum absolute atomic E-state index is 13.5. The summed E-state index contributed by atoms with van der Waals surface area (Å²) in [6.07, 6.45) is 4.73. The molecular weight excluding hydrogens is 432 g/mol. The number of rotatable bonds is 10. The maximum atomic E-state index is 13.5. The number of halogens is 2. The molecule has 3 aromatic rings. The second-order valence-electron chi connectivity index (χ2n) is 8.80. The van der Waals surface area contributed by atoms with Crippen LogP contribution in [0.25, 0.3) is 0 Å². The summed E-state index contributed by atoms with van der Waals surface area (Å²) in [5, 5.41) is 0. The number of pyridine rings is 1. The van der Waals surface area contributed by atoms with Crippen molar-refractivity contribution >= 4 is 5.82 Å². The van der Waals surface area contributed by atoms with E-state index in [4.69, 9.17) is 4.74 Å². The number of benzene rings is 2. The second-order valence-corrected chi connectivity index (χ2v) is 8.80. The van der Waals surface area contributed by atoms with Gasteiger partial charge in [-0.2, -0.15) is 0 Å². The van der Waals surface area contributed by atoms with Crippen molar-refractivity contribution in [2.75, 3.05) is 44.2 Å². The van der Waals surface area contributed by atoms with E-state index in [9.17, 15) is 8.78 Å². The van der Waals surface area contributed by atoms with Crippen LogP contribution in [0.1, 0.15) is 43.2 Å². The standard InChI is InChI=1S/C28H33F2N3O/c1-2-21-34-27-6-3-15-31-28(27)33-19-17-32(18-20-33)16-4-5-26(22-7-11-24(29)12-8-22)23-9-13-25(30)14-10-23/h3,6-15,26H,2,4-5,16-21H2,1H3. The van der Waals surface area contributed by atoms with Gasteiger partial charge >= 0.3 is 0 Å². The van der Waals surface area contributed by atoms with E-state index in [2.05, 4.69) is 21.7 Å². The molecule has 0 unspecified atom stereocenters. The fraction of sp³-hybridized carbons (Fsp3) is 0.393. The Balaban J connectivity index is 1.33. The predicted molar refractivity (Wildman–Crippen MR) is 133 cm³/mol. The predicted octanol–water partition coefficient (Wildman–Crippen LogP) is 5.88. The molecule has 0 amide bonds. The third kappa shape index (κ3) is 6.32. The average Bonchev–Trinajstić information content (AvgIpc) is 2.87. The minimum Gasteiger partial charge on any atom is -0.490 e. The molecule has 0 saturated carbocycles. The second kappa shape index (κ2) is 11.9. The minimum absolute atomic E-state index is 0.120. The number of aromatic nitrogens is 1. The maximum Gasteiger partial charge on any atom is 0.171 e. The smallest absolute Gasteiger partial charge is 0.171 e. The van der Waals surface area contributed by atoms with Gasteiger partial charge in [0, 0.05) is 38.3 Å². The lowest BCUT2D eigenvalue weighted by molar-refractivity contribution is 0.249. The zero-order valence-electron chi connectivity index (χ0n) is 19.8. The van der Waals surface area contributed by atoms with E-state index in [0.29, 0.717) is 6.61 Å². The molecule has 2 heterocycles. The van der Waals surface area contributed by atoms with Gasteiger partial charge < -0.3 is 9.64 Å².